The molecule has 1 aliphatic rings. The van der Waals surface area contributed by atoms with Gasteiger partial charge in [0.2, 0.25) is 0 Å². The van der Waals surface area contributed by atoms with Crippen molar-refractivity contribution >= 4 is 17.1 Å². The number of hydrogen-bond donors (Lipinski definition) is 2. The van der Waals surface area contributed by atoms with Crippen LogP contribution in [0.25, 0.3) is 16.9 Å². The average Bonchev–Trinajstić information content (AvgIpc) is 3.18. The van der Waals surface area contributed by atoms with Gasteiger partial charge in [-0.3, -0.25) is 9.78 Å². The fourth-order valence-corrected chi connectivity index (χ4v) is 4.13. The van der Waals surface area contributed by atoms with Crippen LogP contribution in [0.5, 0.6) is 0 Å². The van der Waals surface area contributed by atoms with Crippen LogP contribution < -0.4 is 10.6 Å². The van der Waals surface area contributed by atoms with Crippen LogP contribution in [0, 0.1) is 17.2 Å². The molecule has 0 atom stereocenters. The Bertz CT molecular complexity index is 1130. The molecule has 0 bridgehead atoms. The lowest BCUT2D eigenvalue weighted by atomic mass is 9.87. The van der Waals surface area contributed by atoms with Crippen LogP contribution in [0.3, 0.4) is 0 Å². The Kier molecular flexibility index (Phi) is 5.90. The molecule has 0 aromatic carbocycles. The summed E-state index contributed by atoms with van der Waals surface area (Å²) in [6.45, 7) is 6.36. The third-order valence-electron chi connectivity index (χ3n) is 5.84. The molecule has 1 aliphatic carbocycles. The van der Waals surface area contributed by atoms with Crippen LogP contribution >= 0.6 is 0 Å². The molecule has 0 radical (unpaired) electrons. The van der Waals surface area contributed by atoms with E-state index in [2.05, 4.69) is 33.7 Å². The maximum atomic E-state index is 13.0. The minimum atomic E-state index is -0.0847. The zero-order valence-electron chi connectivity index (χ0n) is 18.2. The quantitative estimate of drug-likeness (QED) is 0.643. The van der Waals surface area contributed by atoms with Gasteiger partial charge in [0.05, 0.1) is 39.9 Å². The Morgan fingerprint density at radius 3 is 2.68 bits per heavy atom. The number of aromatic nitrogens is 3. The predicted molar refractivity (Wildman–Crippen MR) is 121 cm³/mol. The van der Waals surface area contributed by atoms with Gasteiger partial charge in [-0.2, -0.15) is 10.4 Å². The molecule has 7 heteroatoms. The molecule has 4 rings (SSSR count). The first-order valence-corrected chi connectivity index (χ1v) is 10.9. The van der Waals surface area contributed by atoms with Gasteiger partial charge < -0.3 is 10.6 Å². The van der Waals surface area contributed by atoms with E-state index < -0.39 is 0 Å². The molecule has 0 aliphatic heterocycles. The van der Waals surface area contributed by atoms with Crippen molar-refractivity contribution in [3.8, 4) is 17.5 Å². The summed E-state index contributed by atoms with van der Waals surface area (Å²) in [5.74, 6) is 0.653. The van der Waals surface area contributed by atoms with Crippen LogP contribution in [-0.2, 0) is 0 Å². The molecule has 160 valence electrons. The summed E-state index contributed by atoms with van der Waals surface area (Å²) in [5, 5.41) is 20.1. The van der Waals surface area contributed by atoms with Crippen molar-refractivity contribution in [1.29, 1.82) is 5.26 Å². The Morgan fingerprint density at radius 1 is 1.19 bits per heavy atom. The lowest BCUT2D eigenvalue weighted by Gasteiger charge is -2.27. The van der Waals surface area contributed by atoms with Crippen LogP contribution in [0.1, 0.15) is 62.4 Å². The summed E-state index contributed by atoms with van der Waals surface area (Å²) in [5.41, 5.74) is 4.16. The third-order valence-corrected chi connectivity index (χ3v) is 5.84. The van der Waals surface area contributed by atoms with Crippen molar-refractivity contribution < 1.29 is 4.79 Å². The highest BCUT2D eigenvalue weighted by atomic mass is 16.1. The molecule has 0 unspecified atom stereocenters. The SMILES string of the molecule is CC1CCC(NC(=O)c2cnc(-c3ccc4cc(C#N)cnn34)cc2NC(C)C)CC1. The Morgan fingerprint density at radius 2 is 1.97 bits per heavy atom. The molecule has 2 N–H and O–H groups in total. The number of carbonyl (C=O) groups excluding carboxylic acids is 1. The van der Waals surface area contributed by atoms with Gasteiger partial charge >= 0.3 is 0 Å². The van der Waals surface area contributed by atoms with E-state index in [9.17, 15) is 4.79 Å². The number of nitrogens with one attached hydrogen (secondary N) is 2. The molecule has 0 spiro atoms. The highest BCUT2D eigenvalue weighted by Gasteiger charge is 2.22. The maximum absolute atomic E-state index is 13.0. The number of amides is 1. The zero-order valence-corrected chi connectivity index (χ0v) is 18.2. The summed E-state index contributed by atoms with van der Waals surface area (Å²) >= 11 is 0. The number of fused-ring (bicyclic) bond motifs is 1. The molecule has 3 heterocycles. The Hall–Kier alpha value is -3.40. The highest BCUT2D eigenvalue weighted by Crippen LogP contribution is 2.27. The Balaban J connectivity index is 1.64. The topological polar surface area (TPSA) is 95.1 Å². The lowest BCUT2D eigenvalue weighted by molar-refractivity contribution is 0.0923. The Labute approximate surface area is 182 Å². The fraction of sp³-hybridized carbons (Fsp3) is 0.417. The van der Waals surface area contributed by atoms with Gasteiger partial charge in [0.15, 0.2) is 0 Å². The van der Waals surface area contributed by atoms with E-state index >= 15 is 0 Å². The molecule has 3 aromatic heterocycles. The minimum Gasteiger partial charge on any atom is -0.382 e. The number of rotatable bonds is 5. The first-order valence-electron chi connectivity index (χ1n) is 10.9. The van der Waals surface area contributed by atoms with Gasteiger partial charge in [-0.15, -0.1) is 0 Å². The van der Waals surface area contributed by atoms with Crippen LogP contribution in [0.2, 0.25) is 0 Å². The predicted octanol–water partition coefficient (Wildman–Crippen LogP) is 4.40. The van der Waals surface area contributed by atoms with E-state index in [1.807, 2.05) is 32.0 Å². The van der Waals surface area contributed by atoms with Crippen LogP contribution in [0.4, 0.5) is 5.69 Å². The number of carbonyl (C=O) groups is 1. The number of anilines is 1. The summed E-state index contributed by atoms with van der Waals surface area (Å²) in [7, 11) is 0. The summed E-state index contributed by atoms with van der Waals surface area (Å²) in [6, 6.07) is 10.0. The number of hydrogen-bond acceptors (Lipinski definition) is 5. The molecule has 1 fully saturated rings. The second kappa shape index (κ2) is 8.76. The van der Waals surface area contributed by atoms with Gasteiger partial charge in [0.1, 0.15) is 6.07 Å². The third kappa shape index (κ3) is 4.53. The van der Waals surface area contributed by atoms with Crippen molar-refractivity contribution in [2.24, 2.45) is 5.92 Å². The second-order valence-electron chi connectivity index (χ2n) is 8.76. The van der Waals surface area contributed by atoms with Crippen molar-refractivity contribution in [3.63, 3.8) is 0 Å². The van der Waals surface area contributed by atoms with Crippen molar-refractivity contribution in [3.05, 3.63) is 47.8 Å². The van der Waals surface area contributed by atoms with Crippen LogP contribution in [0.15, 0.2) is 36.7 Å². The van der Waals surface area contributed by atoms with Crippen molar-refractivity contribution in [2.75, 3.05) is 5.32 Å². The summed E-state index contributed by atoms with van der Waals surface area (Å²) in [4.78, 5) is 17.6. The van der Waals surface area contributed by atoms with Crippen LogP contribution in [-0.4, -0.2) is 32.6 Å². The molecule has 1 saturated carbocycles. The molecular weight excluding hydrogens is 388 g/mol. The van der Waals surface area contributed by atoms with E-state index in [0.717, 1.165) is 48.5 Å². The van der Waals surface area contributed by atoms with Gasteiger partial charge in [0.25, 0.3) is 5.91 Å². The first-order chi connectivity index (χ1) is 14.9. The molecular formula is C24H28N6O. The summed E-state index contributed by atoms with van der Waals surface area (Å²) < 4.78 is 1.76. The normalized spacial score (nSPS) is 18.7. The number of nitrogens with zero attached hydrogens (tertiary/aromatic N) is 4. The standard InChI is InChI=1S/C24H28N6O/c1-15(2)28-21-11-22(23-9-8-19-10-17(12-25)13-27-30(19)23)26-14-20(21)24(31)29-18-6-4-16(3)5-7-18/h8-11,13-16,18H,4-7H2,1-3H3,(H,26,28)(H,29,31). The average molecular weight is 417 g/mol. The van der Waals surface area contributed by atoms with Gasteiger partial charge in [-0.05, 0) is 69.7 Å². The molecule has 7 nitrogen and oxygen atoms in total. The van der Waals surface area contributed by atoms with E-state index in [1.165, 1.54) is 6.20 Å². The largest absolute Gasteiger partial charge is 0.382 e. The summed E-state index contributed by atoms with van der Waals surface area (Å²) in [6.07, 6.45) is 7.54. The molecule has 1 amide bonds. The number of nitriles is 1. The molecule has 3 aromatic rings. The monoisotopic (exact) mass is 416 g/mol. The van der Waals surface area contributed by atoms with Gasteiger partial charge in [-0.25, -0.2) is 4.52 Å². The van der Waals surface area contributed by atoms with Crippen molar-refractivity contribution in [1.82, 2.24) is 19.9 Å². The smallest absolute Gasteiger partial charge is 0.255 e. The van der Waals surface area contributed by atoms with E-state index in [1.54, 1.807) is 16.8 Å². The fourth-order valence-electron chi connectivity index (χ4n) is 4.13. The molecule has 0 saturated heterocycles. The highest BCUT2D eigenvalue weighted by molar-refractivity contribution is 6.00. The minimum absolute atomic E-state index is 0.0847. The lowest BCUT2D eigenvalue weighted by Crippen LogP contribution is -2.37. The van der Waals surface area contributed by atoms with E-state index in [0.29, 0.717) is 16.8 Å². The van der Waals surface area contributed by atoms with Gasteiger partial charge in [0, 0.05) is 18.3 Å². The number of pyridine rings is 1. The zero-order chi connectivity index (χ0) is 22.0. The van der Waals surface area contributed by atoms with Crippen molar-refractivity contribution in [2.45, 2.75) is 58.5 Å². The van der Waals surface area contributed by atoms with E-state index in [-0.39, 0.29) is 18.0 Å². The second-order valence-corrected chi connectivity index (χ2v) is 8.76. The molecule has 31 heavy (non-hydrogen) atoms. The first kappa shape index (κ1) is 20.9. The maximum Gasteiger partial charge on any atom is 0.255 e. The van der Waals surface area contributed by atoms with Gasteiger partial charge in [-0.1, -0.05) is 6.92 Å². The van der Waals surface area contributed by atoms with E-state index in [4.69, 9.17) is 5.26 Å².